The summed E-state index contributed by atoms with van der Waals surface area (Å²) in [6, 6.07) is 14.5. The summed E-state index contributed by atoms with van der Waals surface area (Å²) in [4.78, 5) is 12.0. The highest BCUT2D eigenvalue weighted by Crippen LogP contribution is 2.22. The largest absolute Gasteiger partial charge is 0.331 e. The van der Waals surface area contributed by atoms with Crippen molar-refractivity contribution in [3.8, 4) is 0 Å². The molecule has 0 fully saturated rings. The van der Waals surface area contributed by atoms with E-state index in [4.69, 9.17) is 11.6 Å². The second kappa shape index (κ2) is 6.77. The van der Waals surface area contributed by atoms with Gasteiger partial charge in [-0.15, -0.1) is 0 Å². The summed E-state index contributed by atoms with van der Waals surface area (Å²) in [7, 11) is 0. The van der Waals surface area contributed by atoms with Gasteiger partial charge in [-0.25, -0.2) is 4.79 Å². The molecule has 0 aliphatic rings. The Labute approximate surface area is 131 Å². The first kappa shape index (κ1) is 14.9. The van der Waals surface area contributed by atoms with Crippen LogP contribution < -0.4 is 10.6 Å². The lowest BCUT2D eigenvalue weighted by molar-refractivity contribution is 0.249. The number of nitrogens with one attached hydrogen (secondary N) is 2. The fraction of sp³-hybridized carbons (Fsp3) is 0.133. The van der Waals surface area contributed by atoms with E-state index >= 15 is 0 Å². The average molecular weight is 354 g/mol. The molecular formula is C15H14BrClN2O. The lowest BCUT2D eigenvalue weighted by Crippen LogP contribution is -2.31. The Hall–Kier alpha value is -1.52. The Kier molecular flexibility index (Phi) is 5.04. The summed E-state index contributed by atoms with van der Waals surface area (Å²) >= 11 is 9.33. The van der Waals surface area contributed by atoms with E-state index in [2.05, 4.69) is 26.6 Å². The van der Waals surface area contributed by atoms with E-state index in [1.165, 1.54) is 0 Å². The third-order valence-electron chi connectivity index (χ3n) is 2.82. The van der Waals surface area contributed by atoms with Crippen LogP contribution in [-0.4, -0.2) is 6.03 Å². The number of para-hydroxylation sites is 1. The van der Waals surface area contributed by atoms with Crippen LogP contribution in [0.1, 0.15) is 18.5 Å². The number of hydrogen-bond acceptors (Lipinski definition) is 1. The molecule has 2 rings (SSSR count). The zero-order chi connectivity index (χ0) is 14.5. The third kappa shape index (κ3) is 3.99. The standard InChI is InChI=1S/C15H14BrClN2O/c1-10(11-5-4-6-12(17)9-11)18-15(20)19-14-8-3-2-7-13(14)16/h2-10H,1H3,(H2,18,19,20). The van der Waals surface area contributed by atoms with Gasteiger partial charge in [-0.05, 0) is 52.7 Å². The number of anilines is 1. The van der Waals surface area contributed by atoms with Crippen LogP contribution in [0.2, 0.25) is 5.02 Å². The molecule has 2 aromatic rings. The van der Waals surface area contributed by atoms with E-state index in [0.717, 1.165) is 15.7 Å². The Morgan fingerprint density at radius 1 is 1.20 bits per heavy atom. The van der Waals surface area contributed by atoms with E-state index in [1.807, 2.05) is 49.4 Å². The van der Waals surface area contributed by atoms with E-state index in [-0.39, 0.29) is 12.1 Å². The molecule has 0 spiro atoms. The minimum Gasteiger partial charge on any atom is -0.331 e. The molecule has 0 saturated carbocycles. The van der Waals surface area contributed by atoms with Crippen molar-refractivity contribution in [3.63, 3.8) is 0 Å². The zero-order valence-electron chi connectivity index (χ0n) is 10.9. The Balaban J connectivity index is 2.00. The number of carbonyl (C=O) groups excluding carboxylic acids is 1. The van der Waals surface area contributed by atoms with Crippen LogP contribution in [0.25, 0.3) is 0 Å². The molecule has 2 N–H and O–H groups in total. The molecule has 2 amide bonds. The van der Waals surface area contributed by atoms with Gasteiger partial charge >= 0.3 is 6.03 Å². The van der Waals surface area contributed by atoms with Crippen LogP contribution in [0, 0.1) is 0 Å². The molecule has 0 saturated heterocycles. The van der Waals surface area contributed by atoms with Crippen LogP contribution >= 0.6 is 27.5 Å². The summed E-state index contributed by atoms with van der Waals surface area (Å²) in [6.45, 7) is 1.91. The van der Waals surface area contributed by atoms with Crippen LogP contribution in [0.5, 0.6) is 0 Å². The van der Waals surface area contributed by atoms with E-state index in [0.29, 0.717) is 5.02 Å². The number of halogens is 2. The smallest absolute Gasteiger partial charge is 0.319 e. The Bertz CT molecular complexity index is 618. The molecule has 0 aliphatic heterocycles. The summed E-state index contributed by atoms with van der Waals surface area (Å²) in [5, 5.41) is 6.32. The Morgan fingerprint density at radius 3 is 2.65 bits per heavy atom. The van der Waals surface area contributed by atoms with E-state index < -0.39 is 0 Å². The van der Waals surface area contributed by atoms with Gasteiger partial charge in [0, 0.05) is 9.50 Å². The second-order valence-corrected chi connectivity index (χ2v) is 5.65. The summed E-state index contributed by atoms with van der Waals surface area (Å²) < 4.78 is 0.838. The van der Waals surface area contributed by atoms with Gasteiger partial charge in [-0.1, -0.05) is 35.9 Å². The average Bonchev–Trinajstić information content (AvgIpc) is 2.41. The predicted molar refractivity (Wildman–Crippen MR) is 86.2 cm³/mol. The molecule has 0 aromatic heterocycles. The van der Waals surface area contributed by atoms with Gasteiger partial charge < -0.3 is 10.6 Å². The van der Waals surface area contributed by atoms with Gasteiger partial charge in [-0.3, -0.25) is 0 Å². The first-order valence-electron chi connectivity index (χ1n) is 6.14. The fourth-order valence-corrected chi connectivity index (χ4v) is 2.36. The lowest BCUT2D eigenvalue weighted by atomic mass is 10.1. The highest BCUT2D eigenvalue weighted by atomic mass is 79.9. The summed E-state index contributed by atoms with van der Waals surface area (Å²) in [5.41, 5.74) is 1.68. The van der Waals surface area contributed by atoms with Crippen molar-refractivity contribution in [2.24, 2.45) is 0 Å². The quantitative estimate of drug-likeness (QED) is 0.802. The second-order valence-electron chi connectivity index (χ2n) is 4.36. The van der Waals surface area contributed by atoms with E-state index in [1.54, 1.807) is 6.07 Å². The molecule has 2 aromatic carbocycles. The molecule has 0 bridgehead atoms. The monoisotopic (exact) mass is 352 g/mol. The predicted octanol–water partition coefficient (Wildman–Crippen LogP) is 4.99. The van der Waals surface area contributed by atoms with Gasteiger partial charge in [0.05, 0.1) is 11.7 Å². The van der Waals surface area contributed by atoms with Crippen molar-refractivity contribution in [1.29, 1.82) is 0 Å². The van der Waals surface area contributed by atoms with Gasteiger partial charge in [-0.2, -0.15) is 0 Å². The van der Waals surface area contributed by atoms with Crippen molar-refractivity contribution in [3.05, 3.63) is 63.6 Å². The van der Waals surface area contributed by atoms with Gasteiger partial charge in [0.25, 0.3) is 0 Å². The van der Waals surface area contributed by atoms with Crippen molar-refractivity contribution >= 4 is 39.2 Å². The highest BCUT2D eigenvalue weighted by Gasteiger charge is 2.10. The molecule has 20 heavy (non-hydrogen) atoms. The molecule has 1 atom stereocenters. The summed E-state index contributed by atoms with van der Waals surface area (Å²) in [5.74, 6) is 0. The minimum absolute atomic E-state index is 0.129. The van der Waals surface area contributed by atoms with Gasteiger partial charge in [0.1, 0.15) is 0 Å². The number of rotatable bonds is 3. The van der Waals surface area contributed by atoms with Gasteiger partial charge in [0.15, 0.2) is 0 Å². The van der Waals surface area contributed by atoms with Crippen LogP contribution in [0.3, 0.4) is 0 Å². The number of carbonyl (C=O) groups is 1. The first-order chi connectivity index (χ1) is 9.56. The highest BCUT2D eigenvalue weighted by molar-refractivity contribution is 9.10. The number of urea groups is 1. The van der Waals surface area contributed by atoms with Gasteiger partial charge in [0.2, 0.25) is 0 Å². The topological polar surface area (TPSA) is 41.1 Å². The van der Waals surface area contributed by atoms with Crippen molar-refractivity contribution in [2.45, 2.75) is 13.0 Å². The SMILES string of the molecule is CC(NC(=O)Nc1ccccc1Br)c1cccc(Cl)c1. The fourth-order valence-electron chi connectivity index (χ4n) is 1.78. The zero-order valence-corrected chi connectivity index (χ0v) is 13.2. The maximum absolute atomic E-state index is 12.0. The normalized spacial score (nSPS) is 11.8. The Morgan fingerprint density at radius 2 is 1.95 bits per heavy atom. The molecule has 0 radical (unpaired) electrons. The summed E-state index contributed by atoms with van der Waals surface area (Å²) in [6.07, 6.45) is 0. The molecule has 5 heteroatoms. The van der Waals surface area contributed by atoms with Crippen molar-refractivity contribution in [1.82, 2.24) is 5.32 Å². The maximum Gasteiger partial charge on any atom is 0.319 e. The lowest BCUT2D eigenvalue weighted by Gasteiger charge is -2.15. The molecule has 3 nitrogen and oxygen atoms in total. The van der Waals surface area contributed by atoms with Crippen molar-refractivity contribution in [2.75, 3.05) is 5.32 Å². The maximum atomic E-state index is 12.0. The van der Waals surface area contributed by atoms with E-state index in [9.17, 15) is 4.79 Å². The van der Waals surface area contributed by atoms with Crippen LogP contribution in [0.4, 0.5) is 10.5 Å². The third-order valence-corrected chi connectivity index (χ3v) is 3.74. The molecule has 104 valence electrons. The molecule has 0 heterocycles. The first-order valence-corrected chi connectivity index (χ1v) is 7.31. The van der Waals surface area contributed by atoms with Crippen LogP contribution in [0.15, 0.2) is 53.0 Å². The number of benzene rings is 2. The molecular weight excluding hydrogens is 340 g/mol. The van der Waals surface area contributed by atoms with Crippen molar-refractivity contribution < 1.29 is 4.79 Å². The molecule has 1 unspecified atom stereocenters. The minimum atomic E-state index is -0.260. The number of amides is 2. The number of hydrogen-bond donors (Lipinski definition) is 2. The molecule has 0 aliphatic carbocycles. The van der Waals surface area contributed by atoms with Crippen LogP contribution in [-0.2, 0) is 0 Å².